The second kappa shape index (κ2) is 2.14. The Labute approximate surface area is 74.1 Å². The van der Waals surface area contributed by atoms with Gasteiger partial charge in [0, 0.05) is 5.92 Å². The number of alkyl halides is 2. The first kappa shape index (κ1) is 7.44. The molecule has 2 rings (SSSR count). The summed E-state index contributed by atoms with van der Waals surface area (Å²) in [6.45, 7) is 0. The van der Waals surface area contributed by atoms with Crippen molar-refractivity contribution in [2.45, 2.75) is 16.9 Å². The molecule has 2 nitrogen and oxygen atoms in total. The SMILES string of the molecule is O=C1O[C@@H]2C=CC[C@@H]2C1(Cl)Cl. The molecule has 11 heavy (non-hydrogen) atoms. The molecule has 2 atom stereocenters. The number of esters is 1. The molecule has 1 heterocycles. The Balaban J connectivity index is 2.32. The zero-order valence-electron chi connectivity index (χ0n) is 5.59. The molecular formula is C7H6Cl2O2. The van der Waals surface area contributed by atoms with Gasteiger partial charge in [-0.3, -0.25) is 0 Å². The van der Waals surface area contributed by atoms with E-state index in [0.29, 0.717) is 0 Å². The molecule has 4 heteroatoms. The van der Waals surface area contributed by atoms with Gasteiger partial charge in [0.15, 0.2) is 0 Å². The summed E-state index contributed by atoms with van der Waals surface area (Å²) in [4.78, 5) is 11.0. The Morgan fingerprint density at radius 3 is 3.00 bits per heavy atom. The van der Waals surface area contributed by atoms with Gasteiger partial charge in [0.2, 0.25) is 4.33 Å². The minimum absolute atomic E-state index is 0.0849. The van der Waals surface area contributed by atoms with E-state index in [9.17, 15) is 4.79 Å². The summed E-state index contributed by atoms with van der Waals surface area (Å²) >= 11 is 11.5. The summed E-state index contributed by atoms with van der Waals surface area (Å²) in [5.41, 5.74) is 0. The van der Waals surface area contributed by atoms with Crippen LogP contribution in [0, 0.1) is 5.92 Å². The highest BCUT2D eigenvalue weighted by atomic mass is 35.5. The lowest BCUT2D eigenvalue weighted by atomic mass is 10.0. The van der Waals surface area contributed by atoms with Gasteiger partial charge in [-0.2, -0.15) is 0 Å². The first-order chi connectivity index (χ1) is 5.12. The average Bonchev–Trinajstić information content (AvgIpc) is 2.41. The van der Waals surface area contributed by atoms with Crippen LogP contribution in [0.25, 0.3) is 0 Å². The van der Waals surface area contributed by atoms with Gasteiger partial charge in [-0.05, 0) is 12.5 Å². The van der Waals surface area contributed by atoms with Crippen LogP contribution in [0.15, 0.2) is 12.2 Å². The maximum Gasteiger partial charge on any atom is 0.343 e. The monoisotopic (exact) mass is 192 g/mol. The molecule has 0 N–H and O–H groups in total. The number of halogens is 2. The Morgan fingerprint density at radius 2 is 2.36 bits per heavy atom. The summed E-state index contributed by atoms with van der Waals surface area (Å²) in [5.74, 6) is -0.599. The Hall–Kier alpha value is -0.210. The van der Waals surface area contributed by atoms with Crippen LogP contribution < -0.4 is 0 Å². The van der Waals surface area contributed by atoms with E-state index in [1.165, 1.54) is 0 Å². The van der Waals surface area contributed by atoms with Crippen molar-refractivity contribution in [1.82, 2.24) is 0 Å². The molecule has 1 saturated heterocycles. The van der Waals surface area contributed by atoms with Gasteiger partial charge in [-0.1, -0.05) is 29.3 Å². The number of rotatable bonds is 0. The summed E-state index contributed by atoms with van der Waals surface area (Å²) < 4.78 is 3.59. The zero-order chi connectivity index (χ0) is 8.06. The molecule has 1 aliphatic carbocycles. The molecule has 0 amide bonds. The van der Waals surface area contributed by atoms with Crippen molar-refractivity contribution >= 4 is 29.2 Å². The second-order valence-electron chi connectivity index (χ2n) is 2.76. The van der Waals surface area contributed by atoms with E-state index in [1.807, 2.05) is 12.2 Å². The zero-order valence-corrected chi connectivity index (χ0v) is 7.10. The lowest BCUT2D eigenvalue weighted by Gasteiger charge is -2.13. The lowest BCUT2D eigenvalue weighted by Crippen LogP contribution is -2.27. The highest BCUT2D eigenvalue weighted by Gasteiger charge is 2.55. The molecule has 0 bridgehead atoms. The fourth-order valence-corrected chi connectivity index (χ4v) is 1.97. The predicted molar refractivity (Wildman–Crippen MR) is 41.6 cm³/mol. The van der Waals surface area contributed by atoms with E-state index in [4.69, 9.17) is 27.9 Å². The predicted octanol–water partition coefficient (Wildman–Crippen LogP) is 1.66. The van der Waals surface area contributed by atoms with Crippen molar-refractivity contribution in [3.05, 3.63) is 12.2 Å². The molecule has 0 spiro atoms. The van der Waals surface area contributed by atoms with Gasteiger partial charge in [0.05, 0.1) is 0 Å². The Kier molecular flexibility index (Phi) is 1.45. The van der Waals surface area contributed by atoms with Crippen LogP contribution in [0.5, 0.6) is 0 Å². The Morgan fingerprint density at radius 1 is 1.64 bits per heavy atom. The summed E-state index contributed by atoms with van der Waals surface area (Å²) in [6.07, 6.45) is 4.29. The van der Waals surface area contributed by atoms with Gasteiger partial charge in [0.1, 0.15) is 6.10 Å². The minimum Gasteiger partial charge on any atom is -0.455 e. The fraction of sp³-hybridized carbons (Fsp3) is 0.571. The number of carbonyl (C=O) groups is 1. The first-order valence-electron chi connectivity index (χ1n) is 3.38. The normalized spacial score (nSPS) is 38.9. The molecular weight excluding hydrogens is 187 g/mol. The molecule has 0 saturated carbocycles. The average molecular weight is 193 g/mol. The van der Waals surface area contributed by atoms with Crippen LogP contribution in [-0.2, 0) is 9.53 Å². The lowest BCUT2D eigenvalue weighted by molar-refractivity contribution is -0.140. The number of fused-ring (bicyclic) bond motifs is 1. The van der Waals surface area contributed by atoms with Crippen LogP contribution in [0.4, 0.5) is 0 Å². The van der Waals surface area contributed by atoms with E-state index in [1.54, 1.807) is 0 Å². The van der Waals surface area contributed by atoms with Crippen molar-refractivity contribution in [1.29, 1.82) is 0 Å². The summed E-state index contributed by atoms with van der Waals surface area (Å²) in [6, 6.07) is 0. The maximum absolute atomic E-state index is 11.0. The first-order valence-corrected chi connectivity index (χ1v) is 4.13. The van der Waals surface area contributed by atoms with Crippen LogP contribution >= 0.6 is 23.2 Å². The number of allylic oxidation sites excluding steroid dienone is 1. The second-order valence-corrected chi connectivity index (χ2v) is 4.15. The third-order valence-electron chi connectivity index (χ3n) is 2.09. The third kappa shape index (κ3) is 0.893. The van der Waals surface area contributed by atoms with E-state index < -0.39 is 10.3 Å². The van der Waals surface area contributed by atoms with Crippen LogP contribution in [0.2, 0.25) is 0 Å². The van der Waals surface area contributed by atoms with E-state index in [-0.39, 0.29) is 12.0 Å². The number of ether oxygens (including phenoxy) is 1. The van der Waals surface area contributed by atoms with Gasteiger partial charge in [-0.15, -0.1) is 0 Å². The minimum atomic E-state index is -1.33. The number of hydrogen-bond acceptors (Lipinski definition) is 2. The molecule has 0 unspecified atom stereocenters. The molecule has 60 valence electrons. The van der Waals surface area contributed by atoms with Gasteiger partial charge in [-0.25, -0.2) is 4.79 Å². The molecule has 0 aromatic rings. The van der Waals surface area contributed by atoms with Gasteiger partial charge >= 0.3 is 5.97 Å². The molecule has 0 aromatic carbocycles. The van der Waals surface area contributed by atoms with E-state index in [0.717, 1.165) is 6.42 Å². The summed E-state index contributed by atoms with van der Waals surface area (Å²) in [5, 5.41) is 0. The molecule has 1 aliphatic heterocycles. The van der Waals surface area contributed by atoms with Gasteiger partial charge in [0.25, 0.3) is 0 Å². The number of carbonyl (C=O) groups excluding carboxylic acids is 1. The van der Waals surface area contributed by atoms with Crippen molar-refractivity contribution in [3.8, 4) is 0 Å². The molecule has 1 fully saturated rings. The Bertz CT molecular complexity index is 235. The van der Waals surface area contributed by atoms with Crippen molar-refractivity contribution < 1.29 is 9.53 Å². The molecule has 2 aliphatic rings. The number of hydrogen-bond donors (Lipinski definition) is 0. The maximum atomic E-state index is 11.0. The fourth-order valence-electron chi connectivity index (χ4n) is 1.46. The van der Waals surface area contributed by atoms with Crippen molar-refractivity contribution in [3.63, 3.8) is 0 Å². The topological polar surface area (TPSA) is 26.3 Å². The highest BCUT2D eigenvalue weighted by Crippen LogP contribution is 2.46. The van der Waals surface area contributed by atoms with Crippen molar-refractivity contribution in [2.24, 2.45) is 5.92 Å². The van der Waals surface area contributed by atoms with Crippen LogP contribution in [-0.4, -0.2) is 16.4 Å². The van der Waals surface area contributed by atoms with Crippen molar-refractivity contribution in [2.75, 3.05) is 0 Å². The molecule has 0 aromatic heterocycles. The van der Waals surface area contributed by atoms with Gasteiger partial charge < -0.3 is 4.74 Å². The highest BCUT2D eigenvalue weighted by molar-refractivity contribution is 6.58. The standard InChI is InChI=1S/C7H6Cl2O2/c8-7(9)4-2-1-3-5(4)11-6(7)10/h1,3-5H,2H2/t4-,5+/m0/s1. The smallest absolute Gasteiger partial charge is 0.343 e. The largest absolute Gasteiger partial charge is 0.455 e. The van der Waals surface area contributed by atoms with E-state index >= 15 is 0 Å². The van der Waals surface area contributed by atoms with Crippen LogP contribution in [0.3, 0.4) is 0 Å². The quantitative estimate of drug-likeness (QED) is 0.332. The third-order valence-corrected chi connectivity index (χ3v) is 2.96. The molecule has 0 radical (unpaired) electrons. The van der Waals surface area contributed by atoms with Crippen LogP contribution in [0.1, 0.15) is 6.42 Å². The summed E-state index contributed by atoms with van der Waals surface area (Å²) in [7, 11) is 0. The van der Waals surface area contributed by atoms with E-state index in [2.05, 4.69) is 0 Å².